The molecule has 0 fully saturated rings. The van der Waals surface area contributed by atoms with Gasteiger partial charge in [0, 0.05) is 40.6 Å². The summed E-state index contributed by atoms with van der Waals surface area (Å²) in [6.45, 7) is 2.15. The molecule has 0 atom stereocenters. The van der Waals surface area contributed by atoms with Crippen LogP contribution in [-0.2, 0) is 0 Å². The quantitative estimate of drug-likeness (QED) is 0.198. The van der Waals surface area contributed by atoms with Gasteiger partial charge in [0.25, 0.3) is 0 Å². The SMILES string of the molecule is Cc1ccc2c3ccccc3[n+]3ccccc3c3cc4c(cc3[n+]2c1)oc1ccccc1c1ccccc41. The van der Waals surface area contributed by atoms with Crippen molar-refractivity contribution < 1.29 is 13.2 Å². The summed E-state index contributed by atoms with van der Waals surface area (Å²) in [5.41, 5.74) is 7.46. The van der Waals surface area contributed by atoms with Crippen LogP contribution in [0.15, 0.2) is 132 Å². The molecule has 0 aliphatic heterocycles. The summed E-state index contributed by atoms with van der Waals surface area (Å²) in [6.07, 6.45) is 4.39. The van der Waals surface area contributed by atoms with Gasteiger partial charge in [-0.1, -0.05) is 54.6 Å². The highest BCUT2D eigenvalue weighted by Crippen LogP contribution is 2.33. The molecule has 0 spiro atoms. The third kappa shape index (κ3) is 3.02. The zero-order chi connectivity index (χ0) is 25.2. The van der Waals surface area contributed by atoms with E-state index < -0.39 is 0 Å². The predicted octanol–water partition coefficient (Wildman–Crippen LogP) is 7.96. The Morgan fingerprint density at radius 3 is 1.92 bits per heavy atom. The number of para-hydroxylation sites is 2. The Bertz CT molecular complexity index is 2310. The van der Waals surface area contributed by atoms with Crippen LogP contribution in [0, 0.1) is 6.92 Å². The Morgan fingerprint density at radius 1 is 0.447 bits per heavy atom. The van der Waals surface area contributed by atoms with Gasteiger partial charge >= 0.3 is 0 Å². The third-order valence-corrected chi connectivity index (χ3v) is 7.64. The molecule has 4 heterocycles. The second kappa shape index (κ2) is 7.99. The van der Waals surface area contributed by atoms with Crippen LogP contribution < -0.4 is 8.80 Å². The summed E-state index contributed by atoms with van der Waals surface area (Å²) in [5.74, 6) is 0. The van der Waals surface area contributed by atoms with Crippen molar-refractivity contribution in [1.29, 1.82) is 0 Å². The van der Waals surface area contributed by atoms with E-state index in [0.717, 1.165) is 49.4 Å². The molecule has 0 aliphatic carbocycles. The zero-order valence-corrected chi connectivity index (χ0v) is 20.9. The summed E-state index contributed by atoms with van der Waals surface area (Å²) in [6, 6.07) is 40.9. The van der Waals surface area contributed by atoms with Crippen molar-refractivity contribution in [3.05, 3.63) is 133 Å². The standard InChI is InChI=1S/C35H24N2O/c1-23-17-18-32-27-13-4-6-14-30(27)36-19-9-8-15-31(36)29-20-28-25-11-3-2-10-24(25)26-12-5-7-16-34(26)38-35(28)21-33(29)37(32)22-23/h2-22H,1H3/q+2. The molecule has 0 radical (unpaired) electrons. The number of fused-ring (bicyclic) bond motifs is 13. The third-order valence-electron chi connectivity index (χ3n) is 7.64. The largest absolute Gasteiger partial charge is 0.456 e. The van der Waals surface area contributed by atoms with E-state index in [1.807, 2.05) is 6.07 Å². The highest BCUT2D eigenvalue weighted by atomic mass is 16.3. The maximum absolute atomic E-state index is 6.71. The molecule has 0 unspecified atom stereocenters. The highest BCUT2D eigenvalue weighted by molar-refractivity contribution is 6.16. The highest BCUT2D eigenvalue weighted by Gasteiger charge is 2.21. The van der Waals surface area contributed by atoms with Crippen molar-refractivity contribution in [3.8, 4) is 0 Å². The van der Waals surface area contributed by atoms with Crippen molar-refractivity contribution in [2.24, 2.45) is 0 Å². The van der Waals surface area contributed by atoms with E-state index >= 15 is 0 Å². The monoisotopic (exact) mass is 488 g/mol. The van der Waals surface area contributed by atoms with E-state index in [0.29, 0.717) is 0 Å². The lowest BCUT2D eigenvalue weighted by atomic mass is 10.0. The molecule has 178 valence electrons. The van der Waals surface area contributed by atoms with Gasteiger partial charge in [0.2, 0.25) is 22.1 Å². The number of benzene rings is 4. The molecule has 4 aromatic carbocycles. The van der Waals surface area contributed by atoms with E-state index in [1.165, 1.54) is 21.7 Å². The maximum Gasteiger partial charge on any atom is 0.228 e. The van der Waals surface area contributed by atoms with Gasteiger partial charge in [-0.05, 0) is 48.0 Å². The summed E-state index contributed by atoms with van der Waals surface area (Å²) in [4.78, 5) is 0. The molecule has 38 heavy (non-hydrogen) atoms. The first-order valence-corrected chi connectivity index (χ1v) is 12.9. The maximum atomic E-state index is 6.71. The zero-order valence-electron chi connectivity index (χ0n) is 20.9. The van der Waals surface area contributed by atoms with Crippen LogP contribution in [0.3, 0.4) is 0 Å². The molecule has 0 saturated carbocycles. The molecule has 4 aromatic heterocycles. The molecule has 8 rings (SSSR count). The molecule has 3 nitrogen and oxygen atoms in total. The fraction of sp³-hybridized carbons (Fsp3) is 0.0286. The van der Waals surface area contributed by atoms with Crippen LogP contribution in [0.4, 0.5) is 0 Å². The lowest BCUT2D eigenvalue weighted by Crippen LogP contribution is -2.27. The van der Waals surface area contributed by atoms with E-state index in [4.69, 9.17) is 4.42 Å². The van der Waals surface area contributed by atoms with Crippen LogP contribution in [-0.4, -0.2) is 0 Å². The number of nitrogens with zero attached hydrogens (tertiary/aromatic N) is 2. The molecule has 0 N–H and O–H groups in total. The Morgan fingerprint density at radius 2 is 1.08 bits per heavy atom. The normalized spacial score (nSPS) is 11.8. The summed E-state index contributed by atoms with van der Waals surface area (Å²) in [7, 11) is 0. The average molecular weight is 489 g/mol. The van der Waals surface area contributed by atoms with Crippen molar-refractivity contribution in [2.45, 2.75) is 6.92 Å². The molecule has 8 aromatic rings. The molecule has 0 bridgehead atoms. The van der Waals surface area contributed by atoms with Crippen LogP contribution in [0.1, 0.15) is 5.56 Å². The second-order valence-electron chi connectivity index (χ2n) is 9.94. The first kappa shape index (κ1) is 21.1. The minimum absolute atomic E-state index is 0.859. The van der Waals surface area contributed by atoms with Gasteiger partial charge in [-0.2, -0.15) is 8.80 Å². The Hall–Kier alpha value is -5.02. The van der Waals surface area contributed by atoms with Crippen LogP contribution in [0.5, 0.6) is 0 Å². The average Bonchev–Trinajstić information content (AvgIpc) is 3.10. The van der Waals surface area contributed by atoms with Gasteiger partial charge in [0.15, 0.2) is 12.4 Å². The van der Waals surface area contributed by atoms with Gasteiger partial charge in [0.05, 0.1) is 6.07 Å². The van der Waals surface area contributed by atoms with E-state index in [1.54, 1.807) is 0 Å². The van der Waals surface area contributed by atoms with Crippen molar-refractivity contribution in [1.82, 2.24) is 0 Å². The van der Waals surface area contributed by atoms with Crippen molar-refractivity contribution in [3.63, 3.8) is 0 Å². The van der Waals surface area contributed by atoms with Crippen molar-refractivity contribution in [2.75, 3.05) is 0 Å². The lowest BCUT2D eigenvalue weighted by molar-refractivity contribution is -0.488. The molecular formula is C35H24N2O+2. The van der Waals surface area contributed by atoms with Gasteiger partial charge in [0.1, 0.15) is 21.9 Å². The second-order valence-corrected chi connectivity index (χ2v) is 9.94. The van der Waals surface area contributed by atoms with E-state index in [-0.39, 0.29) is 0 Å². The number of aromatic nitrogens is 2. The fourth-order valence-electron chi connectivity index (χ4n) is 5.92. The Labute approximate surface area is 218 Å². The number of aryl methyl sites for hydroxylation is 1. The first-order chi connectivity index (χ1) is 18.8. The van der Waals surface area contributed by atoms with Crippen LogP contribution in [0.25, 0.3) is 65.6 Å². The van der Waals surface area contributed by atoms with Gasteiger partial charge in [-0.15, -0.1) is 0 Å². The fourth-order valence-corrected chi connectivity index (χ4v) is 5.92. The topological polar surface area (TPSA) is 21.3 Å². The lowest BCUT2D eigenvalue weighted by Gasteiger charge is -2.03. The molecule has 0 aliphatic rings. The molecule has 0 amide bonds. The minimum Gasteiger partial charge on any atom is -0.456 e. The van der Waals surface area contributed by atoms with Gasteiger partial charge < -0.3 is 4.42 Å². The van der Waals surface area contributed by atoms with E-state index in [9.17, 15) is 0 Å². The smallest absolute Gasteiger partial charge is 0.228 e. The van der Waals surface area contributed by atoms with E-state index in [2.05, 4.69) is 137 Å². The summed E-state index contributed by atoms with van der Waals surface area (Å²) < 4.78 is 11.3. The predicted molar refractivity (Wildman–Crippen MR) is 155 cm³/mol. The van der Waals surface area contributed by atoms with Gasteiger partial charge in [-0.3, -0.25) is 0 Å². The number of rotatable bonds is 0. The molecular weight excluding hydrogens is 464 g/mol. The minimum atomic E-state index is 0.859. The van der Waals surface area contributed by atoms with Crippen LogP contribution in [0.2, 0.25) is 0 Å². The summed E-state index contributed by atoms with van der Waals surface area (Å²) in [5, 5.41) is 6.90. The summed E-state index contributed by atoms with van der Waals surface area (Å²) >= 11 is 0. The Kier molecular flexibility index (Phi) is 4.44. The Balaban J connectivity index is 1.77. The number of hydrogen-bond acceptors (Lipinski definition) is 1. The van der Waals surface area contributed by atoms with Crippen LogP contribution >= 0.6 is 0 Å². The molecule has 0 saturated heterocycles. The first-order valence-electron chi connectivity index (χ1n) is 12.9. The molecule has 3 heteroatoms. The number of pyridine rings is 2. The van der Waals surface area contributed by atoms with Gasteiger partial charge in [-0.25, -0.2) is 0 Å². The van der Waals surface area contributed by atoms with Crippen molar-refractivity contribution >= 4 is 65.6 Å². The number of hydrogen-bond donors (Lipinski definition) is 0.